The molecule has 0 fully saturated rings. The maximum Gasteiger partial charge on any atom is 0.115 e. The van der Waals surface area contributed by atoms with E-state index >= 15 is 0 Å². The molecule has 1 aromatic rings. The molecule has 0 heterocycles. The summed E-state index contributed by atoms with van der Waals surface area (Å²) in [6, 6.07) is 9.80. The van der Waals surface area contributed by atoms with Crippen molar-refractivity contribution in [1.82, 2.24) is 0 Å². The highest BCUT2D eigenvalue weighted by Gasteiger charge is 2.21. The summed E-state index contributed by atoms with van der Waals surface area (Å²) in [7, 11) is 0. The molecule has 0 aliphatic heterocycles. The zero-order valence-corrected chi connectivity index (χ0v) is 8.89. The average Bonchev–Trinajstić information content (AvgIpc) is 2.26. The Kier molecular flexibility index (Phi) is 3.26. The summed E-state index contributed by atoms with van der Waals surface area (Å²) in [6.07, 6.45) is 3.58. The Morgan fingerprint density at radius 1 is 1.07 bits per heavy atom. The van der Waals surface area contributed by atoms with E-state index < -0.39 is 12.2 Å². The van der Waals surface area contributed by atoms with Crippen molar-refractivity contribution in [3.63, 3.8) is 0 Å². The fourth-order valence-electron chi connectivity index (χ4n) is 1.36. The first kappa shape index (κ1) is 10.5. The van der Waals surface area contributed by atoms with Gasteiger partial charge in [-0.1, -0.05) is 42.1 Å². The third kappa shape index (κ3) is 2.50. The molecule has 0 radical (unpaired) electrons. The van der Waals surface area contributed by atoms with Crippen LogP contribution in [-0.2, 0) is 0 Å². The van der Waals surface area contributed by atoms with Crippen molar-refractivity contribution in [1.29, 1.82) is 0 Å². The van der Waals surface area contributed by atoms with Crippen LogP contribution in [0.5, 0.6) is 0 Å². The SMILES string of the molecule is O[C@@H]1C(Sc2ccccc2)=CC=C[C@@H]1O. The molecule has 0 saturated carbocycles. The molecule has 3 heteroatoms. The van der Waals surface area contributed by atoms with Crippen LogP contribution in [0.3, 0.4) is 0 Å². The van der Waals surface area contributed by atoms with Crippen LogP contribution in [0.2, 0.25) is 0 Å². The zero-order chi connectivity index (χ0) is 10.7. The minimum absolute atomic E-state index is 0.774. The summed E-state index contributed by atoms with van der Waals surface area (Å²) >= 11 is 1.48. The van der Waals surface area contributed by atoms with Crippen LogP contribution < -0.4 is 0 Å². The Balaban J connectivity index is 2.13. The van der Waals surface area contributed by atoms with Gasteiger partial charge in [0.25, 0.3) is 0 Å². The van der Waals surface area contributed by atoms with Gasteiger partial charge in [0.2, 0.25) is 0 Å². The Labute approximate surface area is 92.9 Å². The van der Waals surface area contributed by atoms with Crippen molar-refractivity contribution in [2.24, 2.45) is 0 Å². The van der Waals surface area contributed by atoms with E-state index in [0.717, 1.165) is 9.80 Å². The molecule has 2 nitrogen and oxygen atoms in total. The summed E-state index contributed by atoms with van der Waals surface area (Å²) in [5.41, 5.74) is 0. The number of benzene rings is 1. The number of rotatable bonds is 2. The first-order valence-corrected chi connectivity index (χ1v) is 5.56. The van der Waals surface area contributed by atoms with Crippen molar-refractivity contribution < 1.29 is 10.2 Å². The standard InChI is InChI=1S/C12H12O2S/c13-10-7-4-8-11(12(10)14)15-9-5-2-1-3-6-9/h1-8,10,12-14H/t10-,12-/m0/s1. The highest BCUT2D eigenvalue weighted by molar-refractivity contribution is 8.03. The number of hydrogen-bond donors (Lipinski definition) is 2. The van der Waals surface area contributed by atoms with Gasteiger partial charge in [0.1, 0.15) is 12.2 Å². The summed E-state index contributed by atoms with van der Waals surface area (Å²) < 4.78 is 0. The maximum atomic E-state index is 9.71. The van der Waals surface area contributed by atoms with Crippen LogP contribution in [0, 0.1) is 0 Å². The van der Waals surface area contributed by atoms with Gasteiger partial charge in [0.15, 0.2) is 0 Å². The van der Waals surface area contributed by atoms with Gasteiger partial charge in [0, 0.05) is 9.80 Å². The fourth-order valence-corrected chi connectivity index (χ4v) is 2.33. The highest BCUT2D eigenvalue weighted by atomic mass is 32.2. The van der Waals surface area contributed by atoms with Crippen LogP contribution in [0.25, 0.3) is 0 Å². The van der Waals surface area contributed by atoms with Crippen molar-refractivity contribution in [2.45, 2.75) is 17.1 Å². The van der Waals surface area contributed by atoms with Gasteiger partial charge < -0.3 is 10.2 Å². The lowest BCUT2D eigenvalue weighted by Gasteiger charge is -2.20. The van der Waals surface area contributed by atoms with E-state index in [9.17, 15) is 10.2 Å². The first-order valence-electron chi connectivity index (χ1n) is 4.75. The normalized spacial score (nSPS) is 25.1. The van der Waals surface area contributed by atoms with Gasteiger partial charge >= 0.3 is 0 Å². The van der Waals surface area contributed by atoms with E-state index in [-0.39, 0.29) is 0 Å². The lowest BCUT2D eigenvalue weighted by Crippen LogP contribution is -2.26. The molecule has 0 saturated heterocycles. The predicted molar refractivity (Wildman–Crippen MR) is 61.5 cm³/mol. The Morgan fingerprint density at radius 3 is 2.53 bits per heavy atom. The Hall–Kier alpha value is -1.03. The lowest BCUT2D eigenvalue weighted by atomic mass is 10.1. The van der Waals surface area contributed by atoms with E-state index in [2.05, 4.69) is 0 Å². The highest BCUT2D eigenvalue weighted by Crippen LogP contribution is 2.31. The summed E-state index contributed by atoms with van der Waals surface area (Å²) in [4.78, 5) is 1.83. The molecule has 0 aromatic heterocycles. The van der Waals surface area contributed by atoms with E-state index in [1.54, 1.807) is 12.2 Å². The summed E-state index contributed by atoms with van der Waals surface area (Å²) in [5.74, 6) is 0. The minimum Gasteiger partial charge on any atom is -0.386 e. The molecule has 1 aliphatic rings. The fraction of sp³-hybridized carbons (Fsp3) is 0.167. The van der Waals surface area contributed by atoms with Crippen LogP contribution in [0.4, 0.5) is 0 Å². The molecule has 15 heavy (non-hydrogen) atoms. The molecule has 1 aromatic carbocycles. The van der Waals surface area contributed by atoms with Crippen molar-refractivity contribution >= 4 is 11.8 Å². The molecule has 2 N–H and O–H groups in total. The summed E-state index contributed by atoms with van der Waals surface area (Å²) in [6.45, 7) is 0. The molecular weight excluding hydrogens is 208 g/mol. The molecule has 1 aliphatic carbocycles. The molecule has 2 atom stereocenters. The van der Waals surface area contributed by atoms with E-state index in [1.165, 1.54) is 11.8 Å². The second kappa shape index (κ2) is 4.66. The zero-order valence-electron chi connectivity index (χ0n) is 8.08. The predicted octanol–water partition coefficient (Wildman–Crippen LogP) is 1.95. The summed E-state index contributed by atoms with van der Waals surface area (Å²) in [5, 5.41) is 19.1. The van der Waals surface area contributed by atoms with Crippen molar-refractivity contribution in [2.75, 3.05) is 0 Å². The van der Waals surface area contributed by atoms with Crippen LogP contribution in [0.1, 0.15) is 0 Å². The lowest BCUT2D eigenvalue weighted by molar-refractivity contribution is 0.0769. The number of hydrogen-bond acceptors (Lipinski definition) is 3. The number of aliphatic hydroxyl groups excluding tert-OH is 2. The number of thioether (sulfide) groups is 1. The Morgan fingerprint density at radius 2 is 1.80 bits per heavy atom. The van der Waals surface area contributed by atoms with Crippen molar-refractivity contribution in [3.05, 3.63) is 53.5 Å². The third-order valence-electron chi connectivity index (χ3n) is 2.16. The largest absolute Gasteiger partial charge is 0.386 e. The smallest absolute Gasteiger partial charge is 0.115 e. The average molecular weight is 220 g/mol. The quantitative estimate of drug-likeness (QED) is 0.800. The number of allylic oxidation sites excluding steroid dienone is 2. The monoisotopic (exact) mass is 220 g/mol. The van der Waals surface area contributed by atoms with Gasteiger partial charge in [-0.3, -0.25) is 0 Å². The Bertz CT molecular complexity index is 384. The van der Waals surface area contributed by atoms with Crippen LogP contribution in [-0.4, -0.2) is 22.4 Å². The van der Waals surface area contributed by atoms with Gasteiger partial charge in [-0.25, -0.2) is 0 Å². The van der Waals surface area contributed by atoms with Gasteiger partial charge in [0.05, 0.1) is 0 Å². The second-order valence-electron chi connectivity index (χ2n) is 3.30. The molecule has 0 spiro atoms. The van der Waals surface area contributed by atoms with Crippen LogP contribution in [0.15, 0.2) is 58.4 Å². The maximum absolute atomic E-state index is 9.71. The minimum atomic E-state index is -0.805. The molecule has 0 bridgehead atoms. The topological polar surface area (TPSA) is 40.5 Å². The third-order valence-corrected chi connectivity index (χ3v) is 3.28. The van der Waals surface area contributed by atoms with Crippen LogP contribution >= 0.6 is 11.8 Å². The first-order chi connectivity index (χ1) is 7.27. The van der Waals surface area contributed by atoms with E-state index in [4.69, 9.17) is 0 Å². The molecule has 78 valence electrons. The molecule has 0 unspecified atom stereocenters. The van der Waals surface area contributed by atoms with Gasteiger partial charge in [-0.05, 0) is 18.2 Å². The molecule has 2 rings (SSSR count). The molecular formula is C12H12O2S. The van der Waals surface area contributed by atoms with Gasteiger partial charge in [-0.2, -0.15) is 0 Å². The molecule has 0 amide bonds. The second-order valence-corrected chi connectivity index (χ2v) is 4.45. The van der Waals surface area contributed by atoms with Crippen molar-refractivity contribution in [3.8, 4) is 0 Å². The van der Waals surface area contributed by atoms with E-state index in [0.29, 0.717) is 0 Å². The number of aliphatic hydroxyl groups is 2. The van der Waals surface area contributed by atoms with Gasteiger partial charge in [-0.15, -0.1) is 0 Å². The van der Waals surface area contributed by atoms with E-state index in [1.807, 2.05) is 36.4 Å².